The second-order valence-electron chi connectivity index (χ2n) is 8.41. The summed E-state index contributed by atoms with van der Waals surface area (Å²) in [6.45, 7) is 0.889. The van der Waals surface area contributed by atoms with Gasteiger partial charge < -0.3 is 26.2 Å². The van der Waals surface area contributed by atoms with Crippen LogP contribution in [0, 0.1) is 0 Å². The van der Waals surface area contributed by atoms with Crippen molar-refractivity contribution < 1.29 is 19.8 Å². The van der Waals surface area contributed by atoms with Crippen LogP contribution in [0.15, 0.2) is 54.9 Å². The van der Waals surface area contributed by atoms with Gasteiger partial charge in [-0.3, -0.25) is 4.79 Å². The van der Waals surface area contributed by atoms with Crippen LogP contribution in [0.25, 0.3) is 11.8 Å². The highest BCUT2D eigenvalue weighted by Crippen LogP contribution is 2.21. The summed E-state index contributed by atoms with van der Waals surface area (Å²) in [6.07, 6.45) is 5.78. The molecule has 0 spiro atoms. The average Bonchev–Trinajstić information content (AvgIpc) is 3.57. The molecule has 0 aliphatic carbocycles. The molecule has 11 nitrogen and oxygen atoms in total. The Kier molecular flexibility index (Phi) is 8.26. The first-order valence-electron chi connectivity index (χ1n) is 11.4. The minimum Gasteiger partial charge on any atom is -0.478 e. The van der Waals surface area contributed by atoms with E-state index in [1.54, 1.807) is 36.4 Å². The molecule has 12 heteroatoms. The molecule has 2 aromatic carbocycles. The summed E-state index contributed by atoms with van der Waals surface area (Å²) >= 11 is 6.14. The zero-order valence-electron chi connectivity index (χ0n) is 19.2. The topological polar surface area (TPSA) is 154 Å². The number of nitrogens with zero attached hydrogens (tertiary/aromatic N) is 4. The number of anilines is 1. The number of carboxylic acid groups (broad SMARTS) is 1. The van der Waals surface area contributed by atoms with Crippen molar-refractivity contribution in [1.82, 2.24) is 30.8 Å². The van der Waals surface area contributed by atoms with Crippen molar-refractivity contribution in [2.45, 2.75) is 37.6 Å². The molecule has 1 aliphatic rings. The minimum absolute atomic E-state index is 0.141. The molecule has 36 heavy (non-hydrogen) atoms. The van der Waals surface area contributed by atoms with Gasteiger partial charge in [0.15, 0.2) is 0 Å². The van der Waals surface area contributed by atoms with Crippen molar-refractivity contribution in [2.24, 2.45) is 0 Å². The van der Waals surface area contributed by atoms with E-state index >= 15 is 0 Å². The number of amides is 1. The van der Waals surface area contributed by atoms with Crippen LogP contribution in [-0.2, 0) is 4.79 Å². The molecule has 1 saturated heterocycles. The number of aromatic carboxylic acids is 1. The molecule has 1 aromatic heterocycles. The summed E-state index contributed by atoms with van der Waals surface area (Å²) in [6, 6.07) is 10.7. The van der Waals surface area contributed by atoms with E-state index in [1.165, 1.54) is 29.2 Å². The van der Waals surface area contributed by atoms with Gasteiger partial charge in [-0.25, -0.2) is 4.79 Å². The van der Waals surface area contributed by atoms with Crippen molar-refractivity contribution >= 4 is 35.2 Å². The Balaban J connectivity index is 1.47. The SMILES string of the molecule is O=C(/C=C/c1cc(Cl)ccc1-n1cnnn1)N[C@@H](C[C@H]1CCCN1)C(O)Nc1ccc(C(=O)O)cc1. The van der Waals surface area contributed by atoms with Crippen molar-refractivity contribution in [2.75, 3.05) is 11.9 Å². The fourth-order valence-electron chi connectivity index (χ4n) is 4.05. The molecular weight excluding hydrogens is 486 g/mol. The molecule has 3 atom stereocenters. The van der Waals surface area contributed by atoms with Gasteiger partial charge in [0.2, 0.25) is 5.91 Å². The lowest BCUT2D eigenvalue weighted by molar-refractivity contribution is -0.117. The molecule has 1 unspecified atom stereocenters. The summed E-state index contributed by atoms with van der Waals surface area (Å²) in [4.78, 5) is 23.9. The van der Waals surface area contributed by atoms with Gasteiger partial charge in [-0.1, -0.05) is 11.6 Å². The van der Waals surface area contributed by atoms with Crippen LogP contribution < -0.4 is 16.0 Å². The predicted molar refractivity (Wildman–Crippen MR) is 134 cm³/mol. The number of rotatable bonds is 10. The highest BCUT2D eigenvalue weighted by atomic mass is 35.5. The van der Waals surface area contributed by atoms with E-state index in [-0.39, 0.29) is 11.6 Å². The van der Waals surface area contributed by atoms with Gasteiger partial charge in [0, 0.05) is 28.4 Å². The standard InChI is InChI=1S/C24H26ClN7O4/c25-17-6-9-21(32-14-27-30-31-32)16(12-17)5-10-22(33)29-20(13-19-2-1-11-26-19)23(34)28-18-7-3-15(4-8-18)24(35)36/h3-10,12,14,19-20,23,26,28,34H,1-2,11,13H2,(H,29,33)(H,35,36)/b10-5+/t19-,20+,23?/m1/s1. The first-order valence-corrected chi connectivity index (χ1v) is 11.8. The largest absolute Gasteiger partial charge is 0.478 e. The van der Waals surface area contributed by atoms with Gasteiger partial charge in [-0.05, 0) is 84.8 Å². The number of aromatic nitrogens is 4. The summed E-state index contributed by atoms with van der Waals surface area (Å²) in [5.41, 5.74) is 1.96. The second-order valence-corrected chi connectivity index (χ2v) is 8.84. The first-order chi connectivity index (χ1) is 17.4. The van der Waals surface area contributed by atoms with Crippen LogP contribution in [0.5, 0.6) is 0 Å². The molecule has 2 heterocycles. The molecule has 0 radical (unpaired) electrons. The third kappa shape index (κ3) is 6.66. The summed E-state index contributed by atoms with van der Waals surface area (Å²) in [5, 5.41) is 40.8. The smallest absolute Gasteiger partial charge is 0.335 e. The van der Waals surface area contributed by atoms with Gasteiger partial charge in [-0.15, -0.1) is 5.10 Å². The molecule has 3 aromatic rings. The van der Waals surface area contributed by atoms with Gasteiger partial charge in [-0.2, -0.15) is 4.68 Å². The van der Waals surface area contributed by atoms with Gasteiger partial charge in [0.1, 0.15) is 12.6 Å². The molecule has 0 bridgehead atoms. The lowest BCUT2D eigenvalue weighted by Crippen LogP contribution is -2.49. The number of carbonyl (C=O) groups excluding carboxylic acids is 1. The van der Waals surface area contributed by atoms with Gasteiger partial charge in [0.05, 0.1) is 17.3 Å². The maximum absolute atomic E-state index is 12.9. The van der Waals surface area contributed by atoms with Gasteiger partial charge >= 0.3 is 5.97 Å². The number of aliphatic hydroxyl groups excluding tert-OH is 1. The Bertz CT molecular complexity index is 1210. The summed E-state index contributed by atoms with van der Waals surface area (Å²) < 4.78 is 1.46. The van der Waals surface area contributed by atoms with Crippen molar-refractivity contribution in [3.05, 3.63) is 71.0 Å². The van der Waals surface area contributed by atoms with Crippen LogP contribution in [0.4, 0.5) is 5.69 Å². The fourth-order valence-corrected chi connectivity index (χ4v) is 4.23. The third-order valence-electron chi connectivity index (χ3n) is 5.86. The summed E-state index contributed by atoms with van der Waals surface area (Å²) in [5.74, 6) is -1.43. The van der Waals surface area contributed by atoms with E-state index in [1.807, 2.05) is 0 Å². The van der Waals surface area contributed by atoms with E-state index in [4.69, 9.17) is 16.7 Å². The Morgan fingerprint density at radius 2 is 2.06 bits per heavy atom. The summed E-state index contributed by atoms with van der Waals surface area (Å²) in [7, 11) is 0. The zero-order chi connectivity index (χ0) is 25.5. The van der Waals surface area contributed by atoms with E-state index in [9.17, 15) is 14.7 Å². The Morgan fingerprint density at radius 1 is 1.25 bits per heavy atom. The number of nitrogens with one attached hydrogen (secondary N) is 3. The van der Waals surface area contributed by atoms with E-state index in [0.29, 0.717) is 28.4 Å². The molecule has 1 aliphatic heterocycles. The Hall–Kier alpha value is -3.80. The molecule has 5 N–H and O–H groups in total. The van der Waals surface area contributed by atoms with Crippen LogP contribution in [0.3, 0.4) is 0 Å². The van der Waals surface area contributed by atoms with E-state index in [2.05, 4.69) is 31.5 Å². The number of carboxylic acids is 1. The number of tetrazole rings is 1. The monoisotopic (exact) mass is 511 g/mol. The number of carbonyl (C=O) groups is 2. The molecule has 1 fully saturated rings. The maximum Gasteiger partial charge on any atom is 0.335 e. The van der Waals surface area contributed by atoms with E-state index < -0.39 is 24.1 Å². The lowest BCUT2D eigenvalue weighted by Gasteiger charge is -2.27. The molecule has 4 rings (SSSR count). The number of benzene rings is 2. The van der Waals surface area contributed by atoms with Crippen LogP contribution in [0.2, 0.25) is 5.02 Å². The Morgan fingerprint density at radius 3 is 2.72 bits per heavy atom. The quantitative estimate of drug-likeness (QED) is 0.203. The van der Waals surface area contributed by atoms with Crippen LogP contribution in [-0.4, -0.2) is 67.2 Å². The van der Waals surface area contributed by atoms with Crippen molar-refractivity contribution in [1.29, 1.82) is 0 Å². The number of hydrogen-bond acceptors (Lipinski definition) is 8. The second kappa shape index (κ2) is 11.8. The number of hydrogen-bond donors (Lipinski definition) is 5. The Labute approximate surface area is 212 Å². The van der Waals surface area contributed by atoms with Crippen molar-refractivity contribution in [3.8, 4) is 5.69 Å². The van der Waals surface area contributed by atoms with E-state index in [0.717, 1.165) is 19.4 Å². The molecule has 188 valence electrons. The zero-order valence-corrected chi connectivity index (χ0v) is 20.0. The molecule has 1 amide bonds. The minimum atomic E-state index is -1.11. The number of halogens is 1. The number of aliphatic hydroxyl groups is 1. The van der Waals surface area contributed by atoms with Crippen LogP contribution in [0.1, 0.15) is 35.2 Å². The van der Waals surface area contributed by atoms with Crippen molar-refractivity contribution in [3.63, 3.8) is 0 Å². The normalized spacial score (nSPS) is 17.1. The average molecular weight is 512 g/mol. The third-order valence-corrected chi connectivity index (χ3v) is 6.09. The molecule has 0 saturated carbocycles. The first kappa shape index (κ1) is 25.3. The lowest BCUT2D eigenvalue weighted by atomic mass is 10.0. The highest BCUT2D eigenvalue weighted by molar-refractivity contribution is 6.30. The van der Waals surface area contributed by atoms with Gasteiger partial charge in [0.25, 0.3) is 0 Å². The van der Waals surface area contributed by atoms with Crippen LogP contribution >= 0.6 is 11.6 Å². The highest BCUT2D eigenvalue weighted by Gasteiger charge is 2.26. The fraction of sp³-hybridized carbons (Fsp3) is 0.292. The molecular formula is C24H26ClN7O4. The predicted octanol–water partition coefficient (Wildman–Crippen LogP) is 2.08. The maximum atomic E-state index is 12.9.